The van der Waals surface area contributed by atoms with Crippen molar-refractivity contribution in [3.05, 3.63) is 62.0 Å². The molecule has 0 bridgehead atoms. The van der Waals surface area contributed by atoms with Crippen LogP contribution in [0.2, 0.25) is 0 Å². The predicted octanol–water partition coefficient (Wildman–Crippen LogP) is 4.81. The molecule has 2 aliphatic heterocycles. The molecule has 1 aromatic heterocycles. The minimum atomic E-state index is -0.378. The van der Waals surface area contributed by atoms with Crippen LogP contribution in [0.25, 0.3) is 6.08 Å². The number of anilines is 2. The van der Waals surface area contributed by atoms with Gasteiger partial charge in [0.25, 0.3) is 11.5 Å². The van der Waals surface area contributed by atoms with Crippen LogP contribution in [0.15, 0.2) is 34.0 Å². The van der Waals surface area contributed by atoms with Crippen molar-refractivity contribution in [1.29, 1.82) is 5.26 Å². The first-order valence-electron chi connectivity index (χ1n) is 12.9. The Morgan fingerprint density at radius 2 is 1.79 bits per heavy atom. The molecule has 0 saturated carbocycles. The van der Waals surface area contributed by atoms with Crippen molar-refractivity contribution in [2.24, 2.45) is 7.05 Å². The lowest BCUT2D eigenvalue weighted by molar-refractivity contribution is -0.122. The van der Waals surface area contributed by atoms with Crippen LogP contribution in [0.3, 0.4) is 0 Å². The Balaban J connectivity index is 1.66. The van der Waals surface area contributed by atoms with Crippen molar-refractivity contribution >= 4 is 51.8 Å². The average molecular weight is 554 g/mol. The number of benzene rings is 1. The van der Waals surface area contributed by atoms with Crippen LogP contribution in [0.1, 0.15) is 49.3 Å². The number of thiocarbonyl (C=S) groups is 1. The molecule has 0 unspecified atom stereocenters. The van der Waals surface area contributed by atoms with Crippen LogP contribution in [-0.4, -0.2) is 52.4 Å². The predicted molar refractivity (Wildman–Crippen MR) is 156 cm³/mol. The number of hydrogen-bond acceptors (Lipinski definition) is 7. The highest BCUT2D eigenvalue weighted by atomic mass is 32.2. The van der Waals surface area contributed by atoms with E-state index in [1.54, 1.807) is 37.1 Å². The monoisotopic (exact) mass is 553 g/mol. The van der Waals surface area contributed by atoms with E-state index in [0.29, 0.717) is 64.6 Å². The maximum absolute atomic E-state index is 14.4. The fourth-order valence-corrected chi connectivity index (χ4v) is 6.27. The molecule has 2 aromatic rings. The minimum Gasteiger partial charge on any atom is -0.366 e. The van der Waals surface area contributed by atoms with Crippen molar-refractivity contribution < 1.29 is 9.18 Å². The summed E-state index contributed by atoms with van der Waals surface area (Å²) in [7, 11) is 1.65. The summed E-state index contributed by atoms with van der Waals surface area (Å²) in [4.78, 5) is 32.6. The van der Waals surface area contributed by atoms with Crippen molar-refractivity contribution in [3.63, 3.8) is 0 Å². The van der Waals surface area contributed by atoms with Gasteiger partial charge in [-0.2, -0.15) is 5.26 Å². The van der Waals surface area contributed by atoms with E-state index in [2.05, 4.69) is 11.8 Å². The molecule has 1 aromatic carbocycles. The maximum Gasteiger partial charge on any atom is 0.270 e. The second-order valence-electron chi connectivity index (χ2n) is 9.53. The zero-order valence-corrected chi connectivity index (χ0v) is 23.6. The summed E-state index contributed by atoms with van der Waals surface area (Å²) in [5.74, 6) is 0.242. The van der Waals surface area contributed by atoms with Gasteiger partial charge in [0.15, 0.2) is 0 Å². The normalized spacial score (nSPS) is 17.0. The summed E-state index contributed by atoms with van der Waals surface area (Å²) in [6, 6.07) is 8.75. The number of pyridine rings is 1. The van der Waals surface area contributed by atoms with Crippen LogP contribution in [0.5, 0.6) is 0 Å². The van der Waals surface area contributed by atoms with Crippen molar-refractivity contribution in [1.82, 2.24) is 9.47 Å². The lowest BCUT2D eigenvalue weighted by Gasteiger charge is -2.38. The Morgan fingerprint density at radius 1 is 1.11 bits per heavy atom. The molecule has 2 saturated heterocycles. The standard InChI is InChI=1S/C28H32FN5O2S2/c1-4-5-6-9-12-34-27(36)24(38-28(34)37)17-20-19(2)21(18-30)26(35)31(3)25(20)33-15-13-32(14-16-33)23-11-8-7-10-22(23)29/h7-8,10-11,17H,4-6,9,12-16H2,1-3H3/b24-17-. The van der Waals surface area contributed by atoms with Crippen LogP contribution in [0.4, 0.5) is 15.9 Å². The molecular weight excluding hydrogens is 521 g/mol. The van der Waals surface area contributed by atoms with Gasteiger partial charge in [-0.3, -0.25) is 19.1 Å². The third-order valence-electron chi connectivity index (χ3n) is 7.12. The van der Waals surface area contributed by atoms with Gasteiger partial charge in [-0.05, 0) is 37.1 Å². The first-order valence-corrected chi connectivity index (χ1v) is 14.1. The zero-order valence-electron chi connectivity index (χ0n) is 22.0. The SMILES string of the molecule is CCCCCCN1C(=O)/C(=C/c2c(C)c(C#N)c(=O)n(C)c2N2CCN(c3ccccc3F)CC2)SC1=S. The average Bonchev–Trinajstić information content (AvgIpc) is 3.18. The summed E-state index contributed by atoms with van der Waals surface area (Å²) >= 11 is 6.78. The number of piperazine rings is 1. The molecule has 0 spiro atoms. The van der Waals surface area contributed by atoms with Crippen LogP contribution < -0.4 is 15.4 Å². The quantitative estimate of drug-likeness (QED) is 0.264. The van der Waals surface area contributed by atoms with E-state index >= 15 is 0 Å². The molecule has 2 aliphatic rings. The van der Waals surface area contributed by atoms with E-state index in [-0.39, 0.29) is 22.8 Å². The summed E-state index contributed by atoms with van der Waals surface area (Å²) in [6.45, 7) is 6.70. The molecule has 3 heterocycles. The van der Waals surface area contributed by atoms with E-state index in [1.165, 1.54) is 22.4 Å². The Bertz CT molecular complexity index is 1370. The lowest BCUT2D eigenvalue weighted by Crippen LogP contribution is -2.48. The Kier molecular flexibility index (Phi) is 8.90. The highest BCUT2D eigenvalue weighted by molar-refractivity contribution is 8.26. The number of nitriles is 1. The molecule has 0 N–H and O–H groups in total. The van der Waals surface area contributed by atoms with E-state index < -0.39 is 0 Å². The van der Waals surface area contributed by atoms with Gasteiger partial charge in [-0.15, -0.1) is 0 Å². The van der Waals surface area contributed by atoms with Crippen LogP contribution in [0, 0.1) is 24.1 Å². The summed E-state index contributed by atoms with van der Waals surface area (Å²) in [6.07, 6.45) is 5.94. The minimum absolute atomic E-state index is 0.0579. The number of unbranched alkanes of at least 4 members (excludes halogenated alkanes) is 3. The van der Waals surface area contributed by atoms with Crippen molar-refractivity contribution in [3.8, 4) is 6.07 Å². The Morgan fingerprint density at radius 3 is 2.45 bits per heavy atom. The fraction of sp³-hybridized carbons (Fsp3) is 0.429. The highest BCUT2D eigenvalue weighted by Gasteiger charge is 2.33. The number of nitrogens with zero attached hydrogens (tertiary/aromatic N) is 5. The molecule has 0 radical (unpaired) electrons. The Labute approximate surface area is 232 Å². The number of rotatable bonds is 8. The van der Waals surface area contributed by atoms with Gasteiger partial charge in [-0.1, -0.05) is 62.3 Å². The molecule has 1 amide bonds. The molecule has 38 heavy (non-hydrogen) atoms. The fourth-order valence-electron chi connectivity index (χ4n) is 4.98. The first kappa shape index (κ1) is 27.9. The highest BCUT2D eigenvalue weighted by Crippen LogP contribution is 2.36. The zero-order chi connectivity index (χ0) is 27.4. The van der Waals surface area contributed by atoms with Crippen molar-refractivity contribution in [2.45, 2.75) is 39.5 Å². The largest absolute Gasteiger partial charge is 0.366 e. The molecule has 200 valence electrons. The molecular formula is C28H32FN5O2S2. The van der Waals surface area contributed by atoms with Gasteiger partial charge in [-0.25, -0.2) is 4.39 Å². The third-order valence-corrected chi connectivity index (χ3v) is 8.50. The second kappa shape index (κ2) is 12.1. The van der Waals surface area contributed by atoms with E-state index in [0.717, 1.165) is 25.7 Å². The van der Waals surface area contributed by atoms with Gasteiger partial charge in [0.05, 0.1) is 10.6 Å². The van der Waals surface area contributed by atoms with E-state index in [9.17, 15) is 19.2 Å². The number of aromatic nitrogens is 1. The summed E-state index contributed by atoms with van der Waals surface area (Å²) in [5, 5.41) is 9.73. The maximum atomic E-state index is 14.4. The van der Waals surface area contributed by atoms with Gasteiger partial charge in [0.1, 0.15) is 27.6 Å². The lowest BCUT2D eigenvalue weighted by atomic mass is 10.0. The topological polar surface area (TPSA) is 72.6 Å². The summed E-state index contributed by atoms with van der Waals surface area (Å²) < 4.78 is 16.4. The van der Waals surface area contributed by atoms with Gasteiger partial charge in [0, 0.05) is 45.3 Å². The number of carbonyl (C=O) groups excluding carboxylic acids is 1. The van der Waals surface area contributed by atoms with Crippen molar-refractivity contribution in [2.75, 3.05) is 42.5 Å². The van der Waals surface area contributed by atoms with Gasteiger partial charge in [0.2, 0.25) is 0 Å². The van der Waals surface area contributed by atoms with Gasteiger partial charge >= 0.3 is 0 Å². The number of para-hydroxylation sites is 1. The smallest absolute Gasteiger partial charge is 0.270 e. The number of thioether (sulfide) groups is 1. The summed E-state index contributed by atoms with van der Waals surface area (Å²) in [5.41, 5.74) is 1.43. The van der Waals surface area contributed by atoms with E-state index in [1.807, 2.05) is 17.0 Å². The molecule has 7 nitrogen and oxygen atoms in total. The Hall–Kier alpha value is -3.16. The number of halogens is 1. The molecule has 0 aliphatic carbocycles. The molecule has 4 rings (SSSR count). The van der Waals surface area contributed by atoms with Crippen LogP contribution in [-0.2, 0) is 11.8 Å². The second-order valence-corrected chi connectivity index (χ2v) is 11.2. The first-order chi connectivity index (χ1) is 18.3. The third kappa shape index (κ3) is 5.49. The number of hydrogen-bond donors (Lipinski definition) is 0. The van der Waals surface area contributed by atoms with Crippen LogP contribution >= 0.6 is 24.0 Å². The number of carbonyl (C=O) groups is 1. The molecule has 2 fully saturated rings. The number of amides is 1. The van der Waals surface area contributed by atoms with E-state index in [4.69, 9.17) is 12.2 Å². The molecule has 10 heteroatoms. The van der Waals surface area contributed by atoms with Gasteiger partial charge < -0.3 is 9.80 Å². The molecule has 0 atom stereocenters.